The summed E-state index contributed by atoms with van der Waals surface area (Å²) >= 11 is 6.27. The van der Waals surface area contributed by atoms with E-state index in [4.69, 9.17) is 26.8 Å². The Labute approximate surface area is 149 Å². The van der Waals surface area contributed by atoms with E-state index in [2.05, 4.69) is 0 Å². The fraction of sp³-hybridized carbons (Fsp3) is 0.562. The van der Waals surface area contributed by atoms with Crippen molar-refractivity contribution in [3.05, 3.63) is 22.7 Å². The van der Waals surface area contributed by atoms with Gasteiger partial charge in [0.2, 0.25) is 0 Å². The average Bonchev–Trinajstić information content (AvgIpc) is 2.52. The van der Waals surface area contributed by atoms with Crippen molar-refractivity contribution in [3.8, 4) is 11.5 Å². The predicted molar refractivity (Wildman–Crippen MR) is 96.3 cm³/mol. The van der Waals surface area contributed by atoms with E-state index in [1.165, 1.54) is 0 Å². The number of hydrogen-bond acceptors (Lipinski definition) is 4. The molecule has 0 aromatic heterocycles. The normalized spacial score (nSPS) is 11.4. The van der Waals surface area contributed by atoms with E-state index in [-0.39, 0.29) is 24.4 Å². The Balaban J connectivity index is 0.00000484. The molecule has 1 unspecified atom stereocenters. The first-order chi connectivity index (χ1) is 10.5. The number of amides is 1. The summed E-state index contributed by atoms with van der Waals surface area (Å²) in [7, 11) is 1.72. The summed E-state index contributed by atoms with van der Waals surface area (Å²) < 4.78 is 11.2. The zero-order valence-corrected chi connectivity index (χ0v) is 15.7. The molecule has 1 atom stereocenters. The smallest absolute Gasteiger partial charge is 0.254 e. The fourth-order valence-corrected chi connectivity index (χ4v) is 2.13. The minimum absolute atomic E-state index is 0. The molecular weight excluding hydrogens is 339 g/mol. The summed E-state index contributed by atoms with van der Waals surface area (Å²) in [4.78, 5) is 14.1. The van der Waals surface area contributed by atoms with Crippen LogP contribution in [-0.2, 0) is 0 Å². The molecule has 2 N–H and O–H groups in total. The van der Waals surface area contributed by atoms with Gasteiger partial charge in [-0.3, -0.25) is 4.79 Å². The summed E-state index contributed by atoms with van der Waals surface area (Å²) in [6.45, 7) is 7.17. The van der Waals surface area contributed by atoms with Gasteiger partial charge < -0.3 is 20.1 Å². The van der Waals surface area contributed by atoms with E-state index in [1.807, 2.05) is 20.8 Å². The number of benzene rings is 1. The lowest BCUT2D eigenvalue weighted by Crippen LogP contribution is -2.39. The second kappa shape index (κ2) is 10.6. The van der Waals surface area contributed by atoms with Crippen LogP contribution in [0.5, 0.6) is 11.5 Å². The zero-order chi connectivity index (χ0) is 16.7. The van der Waals surface area contributed by atoms with E-state index in [9.17, 15) is 4.79 Å². The molecule has 0 saturated heterocycles. The highest BCUT2D eigenvalue weighted by Crippen LogP contribution is 2.37. The van der Waals surface area contributed by atoms with Gasteiger partial charge in [-0.15, -0.1) is 12.4 Å². The number of likely N-dealkylation sites (N-methyl/N-ethyl adjacent to an activating group) is 1. The van der Waals surface area contributed by atoms with Crippen LogP contribution in [0.2, 0.25) is 5.02 Å². The van der Waals surface area contributed by atoms with Crippen LogP contribution in [0.25, 0.3) is 0 Å². The lowest BCUT2D eigenvalue weighted by atomic mass is 10.1. The first-order valence-corrected chi connectivity index (χ1v) is 7.90. The number of halogens is 2. The molecule has 132 valence electrons. The molecule has 0 bridgehead atoms. The number of carbonyl (C=O) groups is 1. The third kappa shape index (κ3) is 5.75. The van der Waals surface area contributed by atoms with Gasteiger partial charge in [0.05, 0.1) is 18.2 Å². The van der Waals surface area contributed by atoms with Crippen molar-refractivity contribution >= 4 is 29.9 Å². The third-order valence-electron chi connectivity index (χ3n) is 3.33. The van der Waals surface area contributed by atoms with Crippen LogP contribution in [0, 0.1) is 0 Å². The molecule has 0 aliphatic heterocycles. The summed E-state index contributed by atoms with van der Waals surface area (Å²) in [5, 5.41) is 0.372. The van der Waals surface area contributed by atoms with E-state index in [0.29, 0.717) is 41.8 Å². The minimum Gasteiger partial charge on any atom is -0.490 e. The Morgan fingerprint density at radius 3 is 2.52 bits per heavy atom. The second-order valence-electron chi connectivity index (χ2n) is 5.07. The Kier molecular flexibility index (Phi) is 10.0. The van der Waals surface area contributed by atoms with Crippen LogP contribution in [0.1, 0.15) is 37.6 Å². The molecule has 0 saturated carbocycles. The van der Waals surface area contributed by atoms with Crippen molar-refractivity contribution in [2.75, 3.05) is 26.8 Å². The van der Waals surface area contributed by atoms with Gasteiger partial charge in [0, 0.05) is 25.2 Å². The summed E-state index contributed by atoms with van der Waals surface area (Å²) in [5.74, 6) is 0.819. The molecule has 0 radical (unpaired) electrons. The molecule has 1 aromatic rings. The van der Waals surface area contributed by atoms with Gasteiger partial charge in [0.25, 0.3) is 5.91 Å². The van der Waals surface area contributed by atoms with Gasteiger partial charge in [-0.2, -0.15) is 0 Å². The maximum atomic E-state index is 12.5. The van der Waals surface area contributed by atoms with Crippen LogP contribution in [0.15, 0.2) is 12.1 Å². The van der Waals surface area contributed by atoms with Crippen molar-refractivity contribution in [1.82, 2.24) is 4.90 Å². The Hall–Kier alpha value is -1.17. The van der Waals surface area contributed by atoms with Crippen molar-refractivity contribution in [2.24, 2.45) is 5.73 Å². The molecule has 1 aromatic carbocycles. The monoisotopic (exact) mass is 364 g/mol. The quantitative estimate of drug-likeness (QED) is 0.767. The molecule has 0 aliphatic carbocycles. The fourth-order valence-electron chi connectivity index (χ4n) is 1.86. The lowest BCUT2D eigenvalue weighted by Gasteiger charge is -2.24. The van der Waals surface area contributed by atoms with Crippen LogP contribution in [0.3, 0.4) is 0 Å². The van der Waals surface area contributed by atoms with Crippen molar-refractivity contribution < 1.29 is 14.3 Å². The van der Waals surface area contributed by atoms with E-state index in [0.717, 1.165) is 6.42 Å². The van der Waals surface area contributed by atoms with Gasteiger partial charge in [0.15, 0.2) is 11.5 Å². The minimum atomic E-state index is -0.150. The first kappa shape index (κ1) is 21.8. The highest BCUT2D eigenvalue weighted by atomic mass is 35.5. The lowest BCUT2D eigenvalue weighted by molar-refractivity contribution is 0.0748. The molecule has 1 rings (SSSR count). The van der Waals surface area contributed by atoms with Gasteiger partial charge in [0.1, 0.15) is 0 Å². The average molecular weight is 365 g/mol. The summed E-state index contributed by atoms with van der Waals surface area (Å²) in [6.07, 6.45) is 0.860. The maximum Gasteiger partial charge on any atom is 0.254 e. The Bertz CT molecular complexity index is 512. The van der Waals surface area contributed by atoms with Crippen molar-refractivity contribution in [1.29, 1.82) is 0 Å². The molecular formula is C16H26Cl2N2O3. The number of rotatable bonds is 8. The molecule has 0 fully saturated rings. The largest absolute Gasteiger partial charge is 0.490 e. The maximum absolute atomic E-state index is 12.5. The summed E-state index contributed by atoms with van der Waals surface area (Å²) in [6, 6.07) is 3.22. The first-order valence-electron chi connectivity index (χ1n) is 7.52. The number of ether oxygens (including phenoxy) is 2. The third-order valence-corrected chi connectivity index (χ3v) is 3.61. The van der Waals surface area contributed by atoms with Crippen LogP contribution >= 0.6 is 24.0 Å². The molecule has 23 heavy (non-hydrogen) atoms. The molecule has 7 heteroatoms. The van der Waals surface area contributed by atoms with Crippen LogP contribution in [-0.4, -0.2) is 43.7 Å². The van der Waals surface area contributed by atoms with Crippen molar-refractivity contribution in [2.45, 2.75) is 33.2 Å². The molecule has 0 spiro atoms. The molecule has 0 heterocycles. The zero-order valence-electron chi connectivity index (χ0n) is 14.1. The molecule has 5 nitrogen and oxygen atoms in total. The van der Waals surface area contributed by atoms with E-state index < -0.39 is 0 Å². The topological polar surface area (TPSA) is 64.8 Å². The van der Waals surface area contributed by atoms with Gasteiger partial charge in [-0.05, 0) is 32.4 Å². The Morgan fingerprint density at radius 1 is 1.35 bits per heavy atom. The number of nitrogens with two attached hydrogens (primary N) is 1. The van der Waals surface area contributed by atoms with Gasteiger partial charge in [-0.25, -0.2) is 0 Å². The van der Waals surface area contributed by atoms with E-state index in [1.54, 1.807) is 24.1 Å². The van der Waals surface area contributed by atoms with Gasteiger partial charge >= 0.3 is 0 Å². The van der Waals surface area contributed by atoms with Gasteiger partial charge in [-0.1, -0.05) is 18.5 Å². The SMILES string of the molecule is CCCOc1c(Cl)cc(C(=O)N(C)C(C)CN)cc1OCC.Cl. The molecule has 1 amide bonds. The highest BCUT2D eigenvalue weighted by Gasteiger charge is 2.20. The standard InChI is InChI=1S/C16H25ClN2O3.ClH/c1-5-7-22-15-13(17)8-12(9-14(15)21-6-2)16(20)19(4)11(3)10-18;/h8-9,11H,5-7,10,18H2,1-4H3;1H. The van der Waals surface area contributed by atoms with Crippen LogP contribution < -0.4 is 15.2 Å². The number of hydrogen-bond donors (Lipinski definition) is 1. The number of nitrogens with zero attached hydrogens (tertiary/aromatic N) is 1. The highest BCUT2D eigenvalue weighted by molar-refractivity contribution is 6.32. The van der Waals surface area contributed by atoms with Crippen molar-refractivity contribution in [3.63, 3.8) is 0 Å². The van der Waals surface area contributed by atoms with E-state index >= 15 is 0 Å². The predicted octanol–water partition coefficient (Wildman–Crippen LogP) is 3.37. The van der Waals surface area contributed by atoms with Crippen LogP contribution in [0.4, 0.5) is 0 Å². The summed E-state index contributed by atoms with van der Waals surface area (Å²) in [5.41, 5.74) is 6.07. The Morgan fingerprint density at radius 2 is 2.00 bits per heavy atom. The molecule has 0 aliphatic rings. The number of carbonyl (C=O) groups excluding carboxylic acids is 1. The second-order valence-corrected chi connectivity index (χ2v) is 5.47.